The van der Waals surface area contributed by atoms with E-state index in [0.29, 0.717) is 25.3 Å². The highest BCUT2D eigenvalue weighted by atomic mass is 32.2. The van der Waals surface area contributed by atoms with Gasteiger partial charge in [0.2, 0.25) is 11.8 Å². The van der Waals surface area contributed by atoms with Crippen LogP contribution in [0, 0.1) is 6.92 Å². The summed E-state index contributed by atoms with van der Waals surface area (Å²) in [5.41, 5.74) is 3.47. The van der Waals surface area contributed by atoms with E-state index in [2.05, 4.69) is 43.4 Å². The van der Waals surface area contributed by atoms with Crippen LogP contribution in [0.25, 0.3) is 0 Å². The highest BCUT2D eigenvalue weighted by Crippen LogP contribution is 2.17. The molecular formula is C25H34N2O2S. The van der Waals surface area contributed by atoms with Gasteiger partial charge in [-0.2, -0.15) is 0 Å². The minimum atomic E-state index is -0.450. The Morgan fingerprint density at radius 1 is 1.00 bits per heavy atom. The molecule has 1 atom stereocenters. The molecule has 0 aromatic heterocycles. The van der Waals surface area contributed by atoms with E-state index in [-0.39, 0.29) is 11.8 Å². The summed E-state index contributed by atoms with van der Waals surface area (Å²) in [4.78, 5) is 27.7. The molecule has 0 heterocycles. The van der Waals surface area contributed by atoms with Crippen LogP contribution < -0.4 is 5.32 Å². The highest BCUT2D eigenvalue weighted by molar-refractivity contribution is 7.99. The second-order valence-corrected chi connectivity index (χ2v) is 8.54. The Bertz CT molecular complexity index is 777. The molecule has 2 aromatic carbocycles. The number of hydrogen-bond donors (Lipinski definition) is 1. The van der Waals surface area contributed by atoms with E-state index in [1.807, 2.05) is 37.3 Å². The number of rotatable bonds is 12. The predicted octanol–water partition coefficient (Wildman–Crippen LogP) is 4.95. The van der Waals surface area contributed by atoms with Gasteiger partial charge < -0.3 is 10.2 Å². The topological polar surface area (TPSA) is 49.4 Å². The molecule has 0 unspecified atom stereocenters. The Morgan fingerprint density at radius 2 is 1.70 bits per heavy atom. The Balaban J connectivity index is 2.05. The van der Waals surface area contributed by atoms with Crippen molar-refractivity contribution >= 4 is 23.6 Å². The van der Waals surface area contributed by atoms with Gasteiger partial charge in [-0.3, -0.25) is 9.59 Å². The molecule has 0 radical (unpaired) electrons. The Hall–Kier alpha value is -2.27. The van der Waals surface area contributed by atoms with E-state index >= 15 is 0 Å². The fraction of sp³-hybridized carbons (Fsp3) is 0.440. The van der Waals surface area contributed by atoms with Crippen LogP contribution in [0.5, 0.6) is 0 Å². The lowest BCUT2D eigenvalue weighted by Crippen LogP contribution is -2.49. The van der Waals surface area contributed by atoms with Crippen LogP contribution in [-0.2, 0) is 21.9 Å². The molecule has 0 fully saturated rings. The van der Waals surface area contributed by atoms with Crippen LogP contribution in [0.4, 0.5) is 0 Å². The van der Waals surface area contributed by atoms with Crippen LogP contribution in [0.2, 0.25) is 0 Å². The SMILES string of the molecule is CCCCNC(=O)[C@@H](CC)N(Cc1ccccc1)C(=O)CSCc1ccc(C)cc1. The van der Waals surface area contributed by atoms with Crippen molar-refractivity contribution in [1.82, 2.24) is 10.2 Å². The summed E-state index contributed by atoms with van der Waals surface area (Å²) in [7, 11) is 0. The Labute approximate surface area is 185 Å². The first-order valence-corrected chi connectivity index (χ1v) is 11.9. The lowest BCUT2D eigenvalue weighted by atomic mass is 10.1. The molecule has 0 saturated carbocycles. The van der Waals surface area contributed by atoms with Gasteiger partial charge in [-0.05, 0) is 30.9 Å². The average Bonchev–Trinajstić information content (AvgIpc) is 2.76. The first-order valence-electron chi connectivity index (χ1n) is 10.8. The minimum absolute atomic E-state index is 0.00783. The number of carbonyl (C=O) groups excluding carboxylic acids is 2. The molecular weight excluding hydrogens is 392 g/mol. The van der Waals surface area contributed by atoms with Crippen molar-refractivity contribution in [3.63, 3.8) is 0 Å². The zero-order chi connectivity index (χ0) is 21.8. The number of hydrogen-bond acceptors (Lipinski definition) is 3. The van der Waals surface area contributed by atoms with Gasteiger partial charge in [0.1, 0.15) is 6.04 Å². The Morgan fingerprint density at radius 3 is 2.33 bits per heavy atom. The van der Waals surface area contributed by atoms with Crippen LogP contribution in [0.3, 0.4) is 0 Å². The van der Waals surface area contributed by atoms with Crippen LogP contribution in [0.1, 0.15) is 49.8 Å². The van der Waals surface area contributed by atoms with Crippen molar-refractivity contribution in [3.05, 3.63) is 71.3 Å². The van der Waals surface area contributed by atoms with Crippen LogP contribution in [0.15, 0.2) is 54.6 Å². The molecule has 0 spiro atoms. The summed E-state index contributed by atoms with van der Waals surface area (Å²) in [5.74, 6) is 1.09. The van der Waals surface area contributed by atoms with E-state index in [0.717, 1.165) is 24.2 Å². The van der Waals surface area contributed by atoms with Crippen molar-refractivity contribution in [3.8, 4) is 0 Å². The van der Waals surface area contributed by atoms with Gasteiger partial charge in [-0.1, -0.05) is 80.4 Å². The lowest BCUT2D eigenvalue weighted by molar-refractivity contribution is -0.139. The molecule has 0 saturated heterocycles. The van der Waals surface area contributed by atoms with Crippen molar-refractivity contribution < 1.29 is 9.59 Å². The maximum atomic E-state index is 13.2. The molecule has 0 aliphatic carbocycles. The second kappa shape index (κ2) is 13.1. The summed E-state index contributed by atoms with van der Waals surface area (Å²) in [6, 6.07) is 17.8. The smallest absolute Gasteiger partial charge is 0.242 e. The van der Waals surface area contributed by atoms with Gasteiger partial charge in [0.15, 0.2) is 0 Å². The molecule has 0 bridgehead atoms. The summed E-state index contributed by atoms with van der Waals surface area (Å²) in [5, 5.41) is 3.00. The summed E-state index contributed by atoms with van der Waals surface area (Å²) in [6.07, 6.45) is 2.57. The maximum Gasteiger partial charge on any atom is 0.242 e. The van der Waals surface area contributed by atoms with Gasteiger partial charge in [0, 0.05) is 18.8 Å². The Kier molecular flexibility index (Phi) is 10.5. The standard InChI is InChI=1S/C25H34N2O2S/c1-4-6-16-26-25(29)23(5-2)27(17-21-10-8-7-9-11-21)24(28)19-30-18-22-14-12-20(3)13-15-22/h7-15,23H,4-6,16-19H2,1-3H3,(H,26,29)/t23-/m1/s1. The molecule has 0 aliphatic rings. The van der Waals surface area contributed by atoms with E-state index in [9.17, 15) is 9.59 Å². The number of nitrogens with one attached hydrogen (secondary N) is 1. The number of amides is 2. The average molecular weight is 427 g/mol. The molecule has 0 aliphatic heterocycles. The minimum Gasteiger partial charge on any atom is -0.354 e. The van der Waals surface area contributed by atoms with Gasteiger partial charge in [0.25, 0.3) is 0 Å². The first-order chi connectivity index (χ1) is 14.5. The largest absolute Gasteiger partial charge is 0.354 e. The summed E-state index contributed by atoms with van der Waals surface area (Å²) in [6.45, 7) is 7.24. The van der Waals surface area contributed by atoms with Gasteiger partial charge in [0.05, 0.1) is 5.75 Å². The summed E-state index contributed by atoms with van der Waals surface area (Å²) >= 11 is 1.60. The quantitative estimate of drug-likeness (QED) is 0.489. The van der Waals surface area contributed by atoms with Crippen molar-refractivity contribution in [1.29, 1.82) is 0 Å². The molecule has 5 heteroatoms. The molecule has 2 aromatic rings. The van der Waals surface area contributed by atoms with E-state index in [1.54, 1.807) is 16.7 Å². The molecule has 30 heavy (non-hydrogen) atoms. The molecule has 2 rings (SSSR count). The zero-order valence-electron chi connectivity index (χ0n) is 18.4. The number of benzene rings is 2. The second-order valence-electron chi connectivity index (χ2n) is 7.55. The van der Waals surface area contributed by atoms with Crippen LogP contribution in [-0.4, -0.2) is 35.1 Å². The normalized spacial score (nSPS) is 11.7. The molecule has 1 N–H and O–H groups in total. The van der Waals surface area contributed by atoms with Crippen molar-refractivity contribution in [2.45, 2.75) is 58.4 Å². The van der Waals surface area contributed by atoms with Gasteiger partial charge in [-0.15, -0.1) is 11.8 Å². The van der Waals surface area contributed by atoms with Gasteiger partial charge >= 0.3 is 0 Å². The van der Waals surface area contributed by atoms with Crippen LogP contribution >= 0.6 is 11.8 Å². The third kappa shape index (κ3) is 7.86. The summed E-state index contributed by atoms with van der Waals surface area (Å²) < 4.78 is 0. The predicted molar refractivity (Wildman–Crippen MR) is 126 cm³/mol. The van der Waals surface area contributed by atoms with E-state index < -0.39 is 6.04 Å². The molecule has 162 valence electrons. The zero-order valence-corrected chi connectivity index (χ0v) is 19.2. The maximum absolute atomic E-state index is 13.2. The number of thioether (sulfide) groups is 1. The molecule has 2 amide bonds. The monoisotopic (exact) mass is 426 g/mol. The van der Waals surface area contributed by atoms with E-state index in [4.69, 9.17) is 0 Å². The number of nitrogens with zero attached hydrogens (tertiary/aromatic N) is 1. The van der Waals surface area contributed by atoms with Crippen molar-refractivity contribution in [2.24, 2.45) is 0 Å². The van der Waals surface area contributed by atoms with Gasteiger partial charge in [-0.25, -0.2) is 0 Å². The van der Waals surface area contributed by atoms with Crippen molar-refractivity contribution in [2.75, 3.05) is 12.3 Å². The fourth-order valence-corrected chi connectivity index (χ4v) is 4.10. The number of unbranched alkanes of at least 4 members (excludes halogenated alkanes) is 1. The third-order valence-corrected chi connectivity index (χ3v) is 6.01. The van der Waals surface area contributed by atoms with E-state index in [1.165, 1.54) is 11.1 Å². The molecule has 4 nitrogen and oxygen atoms in total. The third-order valence-electron chi connectivity index (χ3n) is 5.03. The lowest BCUT2D eigenvalue weighted by Gasteiger charge is -2.30. The number of carbonyl (C=O) groups is 2. The fourth-order valence-electron chi connectivity index (χ4n) is 3.23. The highest BCUT2D eigenvalue weighted by Gasteiger charge is 2.28. The number of aryl methyl sites for hydroxylation is 1. The first kappa shape index (κ1) is 24.0.